The lowest BCUT2D eigenvalue weighted by Gasteiger charge is -2.41. The van der Waals surface area contributed by atoms with E-state index in [1.54, 1.807) is 0 Å². The van der Waals surface area contributed by atoms with Gasteiger partial charge in [-0.05, 0) is 43.4 Å². The third kappa shape index (κ3) is 5.28. The molecule has 2 heterocycles. The molecular weight excluding hydrogens is 455 g/mol. The average molecular weight is 486 g/mol. The summed E-state index contributed by atoms with van der Waals surface area (Å²) in [7, 11) is 0. The highest BCUT2D eigenvalue weighted by molar-refractivity contribution is 5.94. The molecule has 3 aliphatic rings. The third-order valence-corrected chi connectivity index (χ3v) is 6.95. The molecule has 0 aromatic rings. The molecule has 0 aromatic heterocycles. The van der Waals surface area contributed by atoms with Gasteiger partial charge in [0.15, 0.2) is 0 Å². The lowest BCUT2D eigenvalue weighted by molar-refractivity contribution is -0.176. The molecule has 9 nitrogen and oxygen atoms in total. The molecule has 188 valence electrons. The Kier molecular flexibility index (Phi) is 7.15. The van der Waals surface area contributed by atoms with Crippen LogP contribution in [0.25, 0.3) is 0 Å². The van der Waals surface area contributed by atoms with Crippen molar-refractivity contribution in [3.8, 4) is 6.07 Å². The Labute approximate surface area is 195 Å². The Morgan fingerprint density at radius 2 is 1.85 bits per heavy atom. The van der Waals surface area contributed by atoms with E-state index in [0.29, 0.717) is 25.8 Å². The van der Waals surface area contributed by atoms with E-state index in [4.69, 9.17) is 0 Å². The fourth-order valence-electron chi connectivity index (χ4n) is 4.95. The first kappa shape index (κ1) is 25.8. The van der Waals surface area contributed by atoms with Crippen LogP contribution >= 0.6 is 0 Å². The number of hydrogen-bond acceptors (Lipinski definition) is 5. The summed E-state index contributed by atoms with van der Waals surface area (Å²) in [6.45, 7) is 5.11. The van der Waals surface area contributed by atoms with E-state index in [1.165, 1.54) is 25.7 Å². The van der Waals surface area contributed by atoms with Gasteiger partial charge in [0.05, 0.1) is 6.07 Å². The van der Waals surface area contributed by atoms with Crippen LogP contribution < -0.4 is 16.0 Å². The fraction of sp³-hybridized carbons (Fsp3) is 0.773. The van der Waals surface area contributed by atoms with Crippen molar-refractivity contribution in [2.75, 3.05) is 6.54 Å². The van der Waals surface area contributed by atoms with Crippen molar-refractivity contribution >= 4 is 23.6 Å². The second-order valence-corrected chi connectivity index (χ2v) is 10.4. The number of amides is 4. The van der Waals surface area contributed by atoms with Crippen molar-refractivity contribution in [1.29, 1.82) is 5.26 Å². The van der Waals surface area contributed by atoms with Crippen molar-refractivity contribution in [2.45, 2.75) is 83.2 Å². The van der Waals surface area contributed by atoms with Crippen LogP contribution in [0.4, 0.5) is 13.2 Å². The summed E-state index contributed by atoms with van der Waals surface area (Å²) in [5.41, 5.74) is -1.05. The number of carbonyl (C=O) groups is 4. The van der Waals surface area contributed by atoms with E-state index < -0.39 is 53.4 Å². The highest BCUT2D eigenvalue weighted by atomic mass is 19.4. The van der Waals surface area contributed by atoms with Gasteiger partial charge in [-0.3, -0.25) is 19.2 Å². The molecule has 1 saturated carbocycles. The number of nitrogens with one attached hydrogen (secondary N) is 3. The number of halogens is 3. The molecule has 0 aromatic carbocycles. The van der Waals surface area contributed by atoms with Gasteiger partial charge in [0.1, 0.15) is 18.1 Å². The molecule has 3 rings (SSSR count). The first-order chi connectivity index (χ1) is 15.7. The molecule has 0 bridgehead atoms. The molecule has 6 atom stereocenters. The average Bonchev–Trinajstić information content (AvgIpc) is 3.22. The molecule has 4 amide bonds. The lowest BCUT2D eigenvalue weighted by Crippen LogP contribution is -2.61. The third-order valence-electron chi connectivity index (χ3n) is 6.95. The number of rotatable bonds is 6. The first-order valence-corrected chi connectivity index (χ1v) is 11.4. The molecular formula is C22H30F3N5O4. The van der Waals surface area contributed by atoms with Gasteiger partial charge in [0, 0.05) is 18.5 Å². The minimum absolute atomic E-state index is 0.0276. The van der Waals surface area contributed by atoms with Crippen molar-refractivity contribution in [3.05, 3.63) is 0 Å². The zero-order valence-corrected chi connectivity index (χ0v) is 19.4. The Balaban J connectivity index is 1.77. The van der Waals surface area contributed by atoms with E-state index in [-0.39, 0.29) is 24.3 Å². The van der Waals surface area contributed by atoms with E-state index in [1.807, 2.05) is 11.4 Å². The Hall–Kier alpha value is -2.84. The molecule has 3 fully saturated rings. The molecule has 2 aliphatic heterocycles. The van der Waals surface area contributed by atoms with Crippen molar-refractivity contribution in [1.82, 2.24) is 20.9 Å². The maximum Gasteiger partial charge on any atom is 0.471 e. The van der Waals surface area contributed by atoms with Crippen molar-refractivity contribution in [3.63, 3.8) is 0 Å². The summed E-state index contributed by atoms with van der Waals surface area (Å²) in [5, 5.41) is 16.6. The molecule has 1 aliphatic carbocycles. The second kappa shape index (κ2) is 9.43. The Morgan fingerprint density at radius 1 is 1.18 bits per heavy atom. The van der Waals surface area contributed by atoms with E-state index in [0.717, 1.165) is 6.42 Å². The van der Waals surface area contributed by atoms with Crippen LogP contribution in [-0.4, -0.2) is 65.4 Å². The van der Waals surface area contributed by atoms with E-state index in [2.05, 4.69) is 10.6 Å². The topological polar surface area (TPSA) is 131 Å². The number of nitriles is 1. The summed E-state index contributed by atoms with van der Waals surface area (Å²) in [4.78, 5) is 51.4. The SMILES string of the molecule is CC(C)(C)[C@H](NC(=O)C(F)(F)F)C(=O)N1[C@@H]2CC[C@@H]2C[C@H]1C(=O)N[C@H](C#N)CC1CCNC1=O. The lowest BCUT2D eigenvalue weighted by atomic mass is 9.79. The molecule has 3 N–H and O–H groups in total. The van der Waals surface area contributed by atoms with Crippen LogP contribution in [0.5, 0.6) is 0 Å². The Bertz CT molecular complexity index is 894. The highest BCUT2D eigenvalue weighted by Crippen LogP contribution is 2.44. The number of likely N-dealkylation sites (tertiary alicyclic amines) is 1. The molecule has 12 heteroatoms. The van der Waals surface area contributed by atoms with Gasteiger partial charge in [-0.1, -0.05) is 20.8 Å². The van der Waals surface area contributed by atoms with Gasteiger partial charge in [-0.15, -0.1) is 0 Å². The zero-order valence-electron chi connectivity index (χ0n) is 19.4. The van der Waals surface area contributed by atoms with Crippen LogP contribution in [0.2, 0.25) is 0 Å². The minimum Gasteiger partial charge on any atom is -0.356 e. The molecule has 2 saturated heterocycles. The summed E-state index contributed by atoms with van der Waals surface area (Å²) in [6.07, 6.45) is -2.76. The van der Waals surface area contributed by atoms with Gasteiger partial charge in [0.25, 0.3) is 0 Å². The minimum atomic E-state index is -5.16. The van der Waals surface area contributed by atoms with E-state index >= 15 is 0 Å². The van der Waals surface area contributed by atoms with Crippen LogP contribution in [0.1, 0.15) is 52.9 Å². The number of fused-ring (bicyclic) bond motifs is 1. The largest absolute Gasteiger partial charge is 0.471 e. The maximum absolute atomic E-state index is 13.5. The predicted octanol–water partition coefficient (Wildman–Crippen LogP) is 0.994. The molecule has 0 radical (unpaired) electrons. The molecule has 0 spiro atoms. The monoisotopic (exact) mass is 485 g/mol. The second-order valence-electron chi connectivity index (χ2n) is 10.4. The van der Waals surface area contributed by atoms with Crippen LogP contribution in [0.15, 0.2) is 0 Å². The van der Waals surface area contributed by atoms with Gasteiger partial charge >= 0.3 is 12.1 Å². The van der Waals surface area contributed by atoms with Crippen LogP contribution in [0, 0.1) is 28.6 Å². The quantitative estimate of drug-likeness (QED) is 0.517. The van der Waals surface area contributed by atoms with Gasteiger partial charge in [-0.25, -0.2) is 0 Å². The zero-order chi connectivity index (χ0) is 25.4. The number of alkyl halides is 3. The molecule has 34 heavy (non-hydrogen) atoms. The van der Waals surface area contributed by atoms with E-state index in [9.17, 15) is 37.6 Å². The van der Waals surface area contributed by atoms with Crippen molar-refractivity contribution in [2.24, 2.45) is 17.3 Å². The van der Waals surface area contributed by atoms with Gasteiger partial charge in [-0.2, -0.15) is 18.4 Å². The summed E-state index contributed by atoms with van der Waals surface area (Å²) in [6, 6.07) is -1.74. The maximum atomic E-state index is 13.5. The normalized spacial score (nSPS) is 28.1. The standard InChI is InChI=1S/C22H30F3N5O4/c1-21(2,3)16(29-20(34)22(23,24)25)19(33)30-14-5-4-11(14)9-15(30)18(32)28-13(10-26)8-12-6-7-27-17(12)31/h11-16H,4-9H2,1-3H3,(H,27,31)(H,28,32)(H,29,34)/t11-,12?,13+,14-,15+,16-/m1/s1. The van der Waals surface area contributed by atoms with Gasteiger partial charge < -0.3 is 20.9 Å². The fourth-order valence-corrected chi connectivity index (χ4v) is 4.95. The summed E-state index contributed by atoms with van der Waals surface area (Å²) < 4.78 is 38.7. The summed E-state index contributed by atoms with van der Waals surface area (Å²) >= 11 is 0. The van der Waals surface area contributed by atoms with Crippen LogP contribution in [-0.2, 0) is 19.2 Å². The number of nitrogens with zero attached hydrogens (tertiary/aromatic N) is 2. The first-order valence-electron chi connectivity index (χ1n) is 11.4. The predicted molar refractivity (Wildman–Crippen MR) is 112 cm³/mol. The Morgan fingerprint density at radius 3 is 2.32 bits per heavy atom. The number of carbonyl (C=O) groups excluding carboxylic acids is 4. The summed E-state index contributed by atoms with van der Waals surface area (Å²) in [5.74, 6) is -4.10. The smallest absolute Gasteiger partial charge is 0.356 e. The van der Waals surface area contributed by atoms with Gasteiger partial charge in [0.2, 0.25) is 17.7 Å². The van der Waals surface area contributed by atoms with Crippen LogP contribution in [0.3, 0.4) is 0 Å². The van der Waals surface area contributed by atoms with Crippen molar-refractivity contribution < 1.29 is 32.3 Å². The number of hydrogen-bond donors (Lipinski definition) is 3. The molecule has 1 unspecified atom stereocenters. The highest BCUT2D eigenvalue weighted by Gasteiger charge is 2.54.